The maximum absolute atomic E-state index is 11.0. The first-order valence-electron chi connectivity index (χ1n) is 3.50. The van der Waals surface area contributed by atoms with Gasteiger partial charge < -0.3 is 0 Å². The highest BCUT2D eigenvalue weighted by molar-refractivity contribution is 8.13. The van der Waals surface area contributed by atoms with E-state index in [-0.39, 0.29) is 0 Å². The number of nitro benzene ring substituents is 1. The molecule has 0 radical (unpaired) electrons. The molecule has 0 heterocycles. The van der Waals surface area contributed by atoms with E-state index in [1.165, 1.54) is 6.07 Å². The Labute approximate surface area is 89.3 Å². The Hall–Kier alpha value is -1.65. The van der Waals surface area contributed by atoms with Gasteiger partial charge in [-0.2, -0.15) is 5.26 Å². The molecule has 0 fully saturated rings. The Morgan fingerprint density at radius 3 is 2.47 bits per heavy atom. The zero-order chi connectivity index (χ0) is 11.6. The van der Waals surface area contributed by atoms with Crippen LogP contribution in [-0.4, -0.2) is 13.3 Å². The number of benzene rings is 1. The highest BCUT2D eigenvalue weighted by atomic mass is 35.7. The van der Waals surface area contributed by atoms with Crippen molar-refractivity contribution in [3.63, 3.8) is 0 Å². The van der Waals surface area contributed by atoms with Gasteiger partial charge in [0, 0.05) is 16.7 Å². The van der Waals surface area contributed by atoms with Gasteiger partial charge in [-0.05, 0) is 6.07 Å². The molecule has 0 atom stereocenters. The Morgan fingerprint density at radius 2 is 2.07 bits per heavy atom. The fourth-order valence-corrected chi connectivity index (χ4v) is 2.01. The fraction of sp³-hybridized carbons (Fsp3) is 0. The third-order valence-electron chi connectivity index (χ3n) is 1.58. The van der Waals surface area contributed by atoms with Crippen molar-refractivity contribution in [2.75, 3.05) is 0 Å². The third-order valence-corrected chi connectivity index (χ3v) is 2.94. The lowest BCUT2D eigenvalue weighted by Crippen LogP contribution is -1.99. The molecule has 0 unspecified atom stereocenters. The van der Waals surface area contributed by atoms with Gasteiger partial charge in [-0.15, -0.1) is 0 Å². The zero-order valence-corrected chi connectivity index (χ0v) is 8.62. The van der Waals surface area contributed by atoms with Crippen molar-refractivity contribution in [2.45, 2.75) is 4.90 Å². The lowest BCUT2D eigenvalue weighted by atomic mass is 10.2. The molecule has 1 aromatic rings. The Kier molecular flexibility index (Phi) is 2.93. The van der Waals surface area contributed by atoms with Gasteiger partial charge in [0.25, 0.3) is 14.7 Å². The molecular weight excluding hydrogens is 244 g/mol. The summed E-state index contributed by atoms with van der Waals surface area (Å²) in [6.45, 7) is 0. The van der Waals surface area contributed by atoms with Crippen molar-refractivity contribution >= 4 is 25.4 Å². The van der Waals surface area contributed by atoms with Crippen molar-refractivity contribution in [3.05, 3.63) is 33.9 Å². The van der Waals surface area contributed by atoms with Crippen LogP contribution in [-0.2, 0) is 9.05 Å². The molecule has 8 heteroatoms. The predicted molar refractivity (Wildman–Crippen MR) is 50.9 cm³/mol. The molecule has 0 aliphatic heterocycles. The molecule has 6 nitrogen and oxygen atoms in total. The van der Waals surface area contributed by atoms with Crippen LogP contribution in [0.25, 0.3) is 0 Å². The molecule has 1 aromatic carbocycles. The molecule has 0 saturated carbocycles. The van der Waals surface area contributed by atoms with E-state index in [2.05, 4.69) is 0 Å². The van der Waals surface area contributed by atoms with Crippen LogP contribution in [0.5, 0.6) is 0 Å². The van der Waals surface area contributed by atoms with Gasteiger partial charge in [0.1, 0.15) is 16.5 Å². The Morgan fingerprint density at radius 1 is 1.47 bits per heavy atom. The van der Waals surface area contributed by atoms with Crippen molar-refractivity contribution in [3.8, 4) is 6.07 Å². The molecule has 0 saturated heterocycles. The minimum Gasteiger partial charge on any atom is -0.258 e. The number of rotatable bonds is 2. The minimum atomic E-state index is -4.16. The Balaban J connectivity index is 3.66. The summed E-state index contributed by atoms with van der Waals surface area (Å²) >= 11 is 0. The zero-order valence-electron chi connectivity index (χ0n) is 7.05. The van der Waals surface area contributed by atoms with E-state index in [9.17, 15) is 18.5 Å². The first kappa shape index (κ1) is 11.4. The first-order valence-corrected chi connectivity index (χ1v) is 5.81. The van der Waals surface area contributed by atoms with Crippen molar-refractivity contribution in [1.82, 2.24) is 0 Å². The average Bonchev–Trinajstić information content (AvgIpc) is 2.15. The SMILES string of the molecule is N#Cc1c([N+](=O)[O-])cccc1S(=O)(=O)Cl. The second kappa shape index (κ2) is 3.84. The summed E-state index contributed by atoms with van der Waals surface area (Å²) in [7, 11) is 0.861. The molecule has 0 aliphatic carbocycles. The quantitative estimate of drug-likeness (QED) is 0.446. The van der Waals surface area contributed by atoms with E-state index in [0.29, 0.717) is 0 Å². The standard InChI is InChI=1S/C7H3ClN2O4S/c8-15(13,14)7-3-1-2-6(10(11)12)5(7)4-9/h1-3H. The van der Waals surface area contributed by atoms with E-state index in [1.807, 2.05) is 0 Å². The summed E-state index contributed by atoms with van der Waals surface area (Å²) in [5, 5.41) is 19.1. The van der Waals surface area contributed by atoms with Crippen LogP contribution in [0.15, 0.2) is 23.1 Å². The second-order valence-electron chi connectivity index (χ2n) is 2.46. The van der Waals surface area contributed by atoms with Crippen LogP contribution < -0.4 is 0 Å². The van der Waals surface area contributed by atoms with E-state index in [4.69, 9.17) is 15.9 Å². The molecule has 0 aliphatic rings. The highest BCUT2D eigenvalue weighted by Crippen LogP contribution is 2.26. The van der Waals surface area contributed by atoms with Gasteiger partial charge in [0.2, 0.25) is 0 Å². The lowest BCUT2D eigenvalue weighted by Gasteiger charge is -1.99. The maximum Gasteiger partial charge on any atom is 0.288 e. The number of halogens is 1. The molecule has 0 aromatic heterocycles. The normalized spacial score (nSPS) is 10.7. The third kappa shape index (κ3) is 2.23. The monoisotopic (exact) mass is 246 g/mol. The van der Waals surface area contributed by atoms with Crippen LogP contribution in [0.2, 0.25) is 0 Å². The van der Waals surface area contributed by atoms with Crippen LogP contribution in [0, 0.1) is 21.4 Å². The summed E-state index contributed by atoms with van der Waals surface area (Å²) in [5.41, 5.74) is -1.14. The number of hydrogen-bond acceptors (Lipinski definition) is 5. The van der Waals surface area contributed by atoms with Crippen LogP contribution in [0.4, 0.5) is 5.69 Å². The first-order chi connectivity index (χ1) is 6.88. The van der Waals surface area contributed by atoms with Gasteiger partial charge in [-0.1, -0.05) is 6.07 Å². The summed E-state index contributed by atoms with van der Waals surface area (Å²) in [4.78, 5) is 9.08. The van der Waals surface area contributed by atoms with Crippen LogP contribution in [0.3, 0.4) is 0 Å². The molecule has 0 N–H and O–H groups in total. The molecule has 0 spiro atoms. The smallest absolute Gasteiger partial charge is 0.258 e. The molecule has 78 valence electrons. The number of nitrogens with zero attached hydrogens (tertiary/aromatic N) is 2. The van der Waals surface area contributed by atoms with Gasteiger partial charge in [-0.25, -0.2) is 8.42 Å². The Bertz CT molecular complexity index is 561. The van der Waals surface area contributed by atoms with Crippen molar-refractivity contribution in [2.24, 2.45) is 0 Å². The molecule has 1 rings (SSSR count). The fourth-order valence-electron chi connectivity index (χ4n) is 0.987. The van der Waals surface area contributed by atoms with E-state index < -0.39 is 30.1 Å². The molecule has 15 heavy (non-hydrogen) atoms. The minimum absolute atomic E-state index is 0.555. The predicted octanol–water partition coefficient (Wildman–Crippen LogP) is 1.39. The van der Waals surface area contributed by atoms with Gasteiger partial charge >= 0.3 is 0 Å². The summed E-state index contributed by atoms with van der Waals surface area (Å²) in [6, 6.07) is 4.66. The molecule has 0 bridgehead atoms. The number of hydrogen-bond donors (Lipinski definition) is 0. The summed E-state index contributed by atoms with van der Waals surface area (Å²) in [5.74, 6) is 0. The number of nitro groups is 1. The van der Waals surface area contributed by atoms with Gasteiger partial charge in [0.15, 0.2) is 0 Å². The molecule has 0 amide bonds. The van der Waals surface area contributed by atoms with Crippen LogP contribution in [0.1, 0.15) is 5.56 Å². The van der Waals surface area contributed by atoms with E-state index in [0.717, 1.165) is 18.2 Å². The highest BCUT2D eigenvalue weighted by Gasteiger charge is 2.23. The average molecular weight is 247 g/mol. The van der Waals surface area contributed by atoms with Crippen molar-refractivity contribution in [1.29, 1.82) is 5.26 Å². The van der Waals surface area contributed by atoms with E-state index >= 15 is 0 Å². The largest absolute Gasteiger partial charge is 0.288 e. The topological polar surface area (TPSA) is 101 Å². The van der Waals surface area contributed by atoms with Crippen LogP contribution >= 0.6 is 10.7 Å². The summed E-state index contributed by atoms with van der Waals surface area (Å²) < 4.78 is 22.0. The molecular formula is C7H3ClN2O4S. The van der Waals surface area contributed by atoms with Crippen molar-refractivity contribution < 1.29 is 13.3 Å². The second-order valence-corrected chi connectivity index (χ2v) is 4.99. The summed E-state index contributed by atoms with van der Waals surface area (Å²) in [6.07, 6.45) is 0. The van der Waals surface area contributed by atoms with Gasteiger partial charge in [-0.3, -0.25) is 10.1 Å². The van der Waals surface area contributed by atoms with Gasteiger partial charge in [0.05, 0.1) is 4.92 Å². The maximum atomic E-state index is 11.0. The van der Waals surface area contributed by atoms with E-state index in [1.54, 1.807) is 0 Å². The number of nitriles is 1. The lowest BCUT2D eigenvalue weighted by molar-refractivity contribution is -0.385.